The van der Waals surface area contributed by atoms with Gasteiger partial charge in [-0.25, -0.2) is 9.97 Å². The van der Waals surface area contributed by atoms with Crippen molar-refractivity contribution in [2.75, 3.05) is 17.7 Å². The van der Waals surface area contributed by atoms with Crippen molar-refractivity contribution in [3.63, 3.8) is 0 Å². The molecule has 7 heteroatoms. The number of fused-ring (bicyclic) bond motifs is 1. The summed E-state index contributed by atoms with van der Waals surface area (Å²) in [5.41, 5.74) is 3.32. The maximum Gasteiger partial charge on any atom is 0.274 e. The summed E-state index contributed by atoms with van der Waals surface area (Å²) in [6, 6.07) is 5.06. The normalized spacial score (nSPS) is 12.9. The Kier molecular flexibility index (Phi) is 4.92. The molecule has 1 aromatic heterocycles. The molecule has 7 nitrogen and oxygen atoms in total. The van der Waals surface area contributed by atoms with Gasteiger partial charge in [0.1, 0.15) is 17.8 Å². The van der Waals surface area contributed by atoms with E-state index in [9.17, 15) is 9.59 Å². The lowest BCUT2D eigenvalue weighted by molar-refractivity contribution is -0.114. The first-order valence-corrected chi connectivity index (χ1v) is 8.18. The van der Waals surface area contributed by atoms with E-state index in [-0.39, 0.29) is 11.8 Å². The zero-order valence-electron chi connectivity index (χ0n) is 14.3. The molecule has 2 N–H and O–H groups in total. The van der Waals surface area contributed by atoms with E-state index in [0.717, 1.165) is 36.9 Å². The molecule has 1 heterocycles. The Bertz CT molecular complexity index is 820. The smallest absolute Gasteiger partial charge is 0.274 e. The van der Waals surface area contributed by atoms with E-state index in [4.69, 9.17) is 4.74 Å². The number of carbonyl (C=O) groups excluding carboxylic acids is 2. The van der Waals surface area contributed by atoms with Gasteiger partial charge in [0.15, 0.2) is 0 Å². The molecule has 0 fully saturated rings. The fourth-order valence-electron chi connectivity index (χ4n) is 2.99. The van der Waals surface area contributed by atoms with Crippen LogP contribution in [-0.4, -0.2) is 28.9 Å². The fourth-order valence-corrected chi connectivity index (χ4v) is 2.99. The Morgan fingerprint density at radius 2 is 1.92 bits per heavy atom. The predicted molar refractivity (Wildman–Crippen MR) is 93.9 cm³/mol. The number of benzene rings is 1. The average molecular weight is 340 g/mol. The van der Waals surface area contributed by atoms with E-state index >= 15 is 0 Å². The maximum absolute atomic E-state index is 12.7. The van der Waals surface area contributed by atoms with Crippen LogP contribution in [0.15, 0.2) is 24.5 Å². The molecule has 1 aliphatic rings. The van der Waals surface area contributed by atoms with Crippen LogP contribution in [-0.2, 0) is 17.6 Å². The minimum Gasteiger partial charge on any atom is -0.495 e. The zero-order chi connectivity index (χ0) is 17.8. The lowest BCUT2D eigenvalue weighted by Gasteiger charge is -2.17. The molecule has 25 heavy (non-hydrogen) atoms. The minimum absolute atomic E-state index is 0.188. The van der Waals surface area contributed by atoms with Crippen molar-refractivity contribution in [1.82, 2.24) is 9.97 Å². The van der Waals surface area contributed by atoms with Crippen LogP contribution in [0.1, 0.15) is 41.5 Å². The molecule has 0 atom stereocenters. The number of aryl methyl sites for hydroxylation is 1. The number of nitrogens with zero attached hydrogens (tertiary/aromatic N) is 2. The number of amides is 2. The summed E-state index contributed by atoms with van der Waals surface area (Å²) in [5, 5.41) is 5.52. The second kappa shape index (κ2) is 7.29. The Morgan fingerprint density at radius 3 is 2.68 bits per heavy atom. The van der Waals surface area contributed by atoms with Gasteiger partial charge in [-0.2, -0.15) is 0 Å². The topological polar surface area (TPSA) is 93.2 Å². The molecule has 1 aliphatic carbocycles. The molecule has 0 spiro atoms. The standard InChI is InChI=1S/C18H20N4O3/c1-11(23)21-12-7-8-16(25-2)15(9-12)22-18(24)17-13-5-3-4-6-14(13)19-10-20-17/h7-10H,3-6H2,1-2H3,(H,21,23)(H,22,24). The van der Waals surface area contributed by atoms with E-state index < -0.39 is 0 Å². The third kappa shape index (κ3) is 3.76. The second-order valence-corrected chi connectivity index (χ2v) is 5.91. The molecule has 0 bridgehead atoms. The molecular formula is C18H20N4O3. The molecule has 2 aromatic rings. The molecular weight excluding hydrogens is 320 g/mol. The molecule has 1 aromatic carbocycles. The number of hydrogen-bond donors (Lipinski definition) is 2. The van der Waals surface area contributed by atoms with Crippen LogP contribution in [0.25, 0.3) is 0 Å². The first kappa shape index (κ1) is 16.9. The van der Waals surface area contributed by atoms with E-state index in [2.05, 4.69) is 20.6 Å². The third-order valence-electron chi connectivity index (χ3n) is 4.11. The molecule has 0 radical (unpaired) electrons. The van der Waals surface area contributed by atoms with Crippen molar-refractivity contribution in [2.45, 2.75) is 32.6 Å². The van der Waals surface area contributed by atoms with Gasteiger partial charge in [0.05, 0.1) is 12.8 Å². The Morgan fingerprint density at radius 1 is 1.12 bits per heavy atom. The van der Waals surface area contributed by atoms with Crippen LogP contribution < -0.4 is 15.4 Å². The van der Waals surface area contributed by atoms with Crippen molar-refractivity contribution in [2.24, 2.45) is 0 Å². The lowest BCUT2D eigenvalue weighted by Crippen LogP contribution is -2.20. The largest absolute Gasteiger partial charge is 0.495 e. The molecule has 2 amide bonds. The molecule has 0 unspecified atom stereocenters. The Hall–Kier alpha value is -2.96. The van der Waals surface area contributed by atoms with Crippen LogP contribution in [0.4, 0.5) is 11.4 Å². The van der Waals surface area contributed by atoms with Gasteiger partial charge in [0.2, 0.25) is 5.91 Å². The monoisotopic (exact) mass is 340 g/mol. The van der Waals surface area contributed by atoms with Crippen LogP contribution in [0, 0.1) is 0 Å². The van der Waals surface area contributed by atoms with Crippen LogP contribution >= 0.6 is 0 Å². The summed E-state index contributed by atoms with van der Waals surface area (Å²) in [7, 11) is 1.52. The van der Waals surface area contributed by atoms with Gasteiger partial charge < -0.3 is 15.4 Å². The number of nitrogens with one attached hydrogen (secondary N) is 2. The van der Waals surface area contributed by atoms with Crippen molar-refractivity contribution in [3.05, 3.63) is 41.5 Å². The quantitative estimate of drug-likeness (QED) is 0.892. The van der Waals surface area contributed by atoms with Gasteiger partial charge in [0, 0.05) is 23.9 Å². The number of aromatic nitrogens is 2. The van der Waals surface area contributed by atoms with Crippen molar-refractivity contribution in [1.29, 1.82) is 0 Å². The highest BCUT2D eigenvalue weighted by atomic mass is 16.5. The van der Waals surface area contributed by atoms with Crippen molar-refractivity contribution < 1.29 is 14.3 Å². The number of methoxy groups -OCH3 is 1. The maximum atomic E-state index is 12.7. The predicted octanol–water partition coefficient (Wildman–Crippen LogP) is 2.57. The molecule has 3 rings (SSSR count). The van der Waals surface area contributed by atoms with E-state index in [1.54, 1.807) is 18.2 Å². The number of rotatable bonds is 4. The second-order valence-electron chi connectivity index (χ2n) is 5.91. The SMILES string of the molecule is COc1ccc(NC(C)=O)cc1NC(=O)c1ncnc2c1CCCC2. The van der Waals surface area contributed by atoms with Crippen molar-refractivity contribution >= 4 is 23.2 Å². The molecule has 130 valence electrons. The molecule has 0 aliphatic heterocycles. The summed E-state index contributed by atoms with van der Waals surface area (Å²) in [6.07, 6.45) is 5.23. The van der Waals surface area contributed by atoms with E-state index in [1.165, 1.54) is 20.4 Å². The van der Waals surface area contributed by atoms with Gasteiger partial charge in [-0.1, -0.05) is 0 Å². The number of anilines is 2. The fraction of sp³-hybridized carbons (Fsp3) is 0.333. The van der Waals surface area contributed by atoms with Crippen LogP contribution in [0.5, 0.6) is 5.75 Å². The number of carbonyl (C=O) groups is 2. The Balaban J connectivity index is 1.89. The summed E-state index contributed by atoms with van der Waals surface area (Å²) in [5.74, 6) is 0.0107. The first-order valence-electron chi connectivity index (χ1n) is 8.18. The van der Waals surface area contributed by atoms with Crippen LogP contribution in [0.3, 0.4) is 0 Å². The zero-order valence-corrected chi connectivity index (χ0v) is 14.3. The van der Waals surface area contributed by atoms with E-state index in [1.807, 2.05) is 0 Å². The van der Waals surface area contributed by atoms with Gasteiger partial charge >= 0.3 is 0 Å². The summed E-state index contributed by atoms with van der Waals surface area (Å²) < 4.78 is 5.29. The molecule has 0 saturated carbocycles. The average Bonchev–Trinajstić information content (AvgIpc) is 2.61. The van der Waals surface area contributed by atoms with Gasteiger partial charge in [0.25, 0.3) is 5.91 Å². The highest BCUT2D eigenvalue weighted by molar-refractivity contribution is 6.05. The van der Waals surface area contributed by atoms with Gasteiger partial charge in [-0.15, -0.1) is 0 Å². The summed E-state index contributed by atoms with van der Waals surface area (Å²) >= 11 is 0. The van der Waals surface area contributed by atoms with Crippen molar-refractivity contribution in [3.8, 4) is 5.75 Å². The minimum atomic E-state index is -0.307. The van der Waals surface area contributed by atoms with Crippen LogP contribution in [0.2, 0.25) is 0 Å². The highest BCUT2D eigenvalue weighted by Gasteiger charge is 2.21. The summed E-state index contributed by atoms with van der Waals surface area (Å²) in [4.78, 5) is 32.4. The Labute approximate surface area is 145 Å². The van der Waals surface area contributed by atoms with E-state index in [0.29, 0.717) is 22.8 Å². The van der Waals surface area contributed by atoms with Gasteiger partial charge in [-0.05, 0) is 43.9 Å². The number of hydrogen-bond acceptors (Lipinski definition) is 5. The highest BCUT2D eigenvalue weighted by Crippen LogP contribution is 2.29. The summed E-state index contributed by atoms with van der Waals surface area (Å²) in [6.45, 7) is 1.43. The number of ether oxygens (including phenoxy) is 1. The first-order chi connectivity index (χ1) is 12.1. The lowest BCUT2D eigenvalue weighted by atomic mass is 9.94. The molecule has 0 saturated heterocycles. The third-order valence-corrected chi connectivity index (χ3v) is 4.11. The van der Waals surface area contributed by atoms with Gasteiger partial charge in [-0.3, -0.25) is 9.59 Å².